The maximum atomic E-state index is 12.7. The third kappa shape index (κ3) is 3.99. The van der Waals surface area contributed by atoms with Gasteiger partial charge in [0.05, 0.1) is 11.6 Å². The van der Waals surface area contributed by atoms with Crippen molar-refractivity contribution in [3.05, 3.63) is 61.6 Å². The van der Waals surface area contributed by atoms with Gasteiger partial charge in [-0.2, -0.15) is 0 Å². The van der Waals surface area contributed by atoms with Gasteiger partial charge in [-0.3, -0.25) is 9.59 Å². The molecule has 136 valence electrons. The molecule has 1 aliphatic heterocycles. The highest BCUT2D eigenvalue weighted by atomic mass is 32.1. The van der Waals surface area contributed by atoms with Gasteiger partial charge in [-0.25, -0.2) is 9.78 Å². The normalized spacial score (nSPS) is 16.8. The molecule has 3 amide bonds. The van der Waals surface area contributed by atoms with E-state index in [0.717, 1.165) is 4.88 Å². The van der Waals surface area contributed by atoms with Crippen molar-refractivity contribution >= 4 is 23.3 Å². The molecule has 9 heteroatoms. The van der Waals surface area contributed by atoms with E-state index >= 15 is 0 Å². The van der Waals surface area contributed by atoms with Crippen LogP contribution in [0.3, 0.4) is 0 Å². The Bertz CT molecular complexity index is 917. The molecule has 0 saturated carbocycles. The van der Waals surface area contributed by atoms with Gasteiger partial charge < -0.3 is 20.9 Å². The zero-order chi connectivity index (χ0) is 18.7. The summed E-state index contributed by atoms with van der Waals surface area (Å²) in [5.74, 6) is 0.268. The van der Waals surface area contributed by atoms with Crippen LogP contribution in [0, 0.1) is 6.92 Å². The van der Waals surface area contributed by atoms with E-state index < -0.39 is 6.04 Å². The van der Waals surface area contributed by atoms with Gasteiger partial charge in [0.1, 0.15) is 5.82 Å². The van der Waals surface area contributed by atoms with Crippen molar-refractivity contribution in [2.24, 2.45) is 0 Å². The second kappa shape index (κ2) is 7.52. The molecule has 1 aliphatic rings. The van der Waals surface area contributed by atoms with Crippen LogP contribution < -0.4 is 21.5 Å². The van der Waals surface area contributed by atoms with Crippen LogP contribution in [0.2, 0.25) is 0 Å². The Hall–Kier alpha value is -2.94. The number of allylic oxidation sites excluding steroid dienone is 1. The molecule has 3 rings (SSSR count). The fourth-order valence-corrected chi connectivity index (χ4v) is 3.62. The molecule has 0 unspecified atom stereocenters. The van der Waals surface area contributed by atoms with Crippen LogP contribution in [0.5, 0.6) is 0 Å². The first kappa shape index (κ1) is 17.9. The first-order chi connectivity index (χ1) is 12.4. The molecule has 8 nitrogen and oxygen atoms in total. The number of amides is 3. The molecule has 3 heterocycles. The van der Waals surface area contributed by atoms with E-state index in [1.54, 1.807) is 13.8 Å². The molecule has 26 heavy (non-hydrogen) atoms. The van der Waals surface area contributed by atoms with Crippen molar-refractivity contribution in [3.63, 3.8) is 0 Å². The van der Waals surface area contributed by atoms with Crippen molar-refractivity contribution in [1.29, 1.82) is 0 Å². The number of hydrogen-bond acceptors (Lipinski definition) is 5. The highest BCUT2D eigenvalue weighted by Gasteiger charge is 2.31. The summed E-state index contributed by atoms with van der Waals surface area (Å²) in [6.45, 7) is 3.74. The summed E-state index contributed by atoms with van der Waals surface area (Å²) in [4.78, 5) is 43.7. The summed E-state index contributed by atoms with van der Waals surface area (Å²) in [5, 5.41) is 10.2. The van der Waals surface area contributed by atoms with E-state index in [9.17, 15) is 14.4 Å². The summed E-state index contributed by atoms with van der Waals surface area (Å²) in [7, 11) is 0. The zero-order valence-electron chi connectivity index (χ0n) is 14.4. The third-order valence-corrected chi connectivity index (χ3v) is 4.86. The Morgan fingerprint density at radius 3 is 2.85 bits per heavy atom. The molecule has 2 aromatic heterocycles. The number of thiophene rings is 1. The second-order valence-electron chi connectivity index (χ2n) is 5.91. The van der Waals surface area contributed by atoms with Crippen LogP contribution in [-0.2, 0) is 11.2 Å². The summed E-state index contributed by atoms with van der Waals surface area (Å²) in [6.07, 6.45) is 0.437. The number of carbonyl (C=O) groups excluding carboxylic acids is 2. The lowest BCUT2D eigenvalue weighted by Gasteiger charge is -2.27. The largest absolute Gasteiger partial charge is 0.352 e. The van der Waals surface area contributed by atoms with Gasteiger partial charge in [-0.15, -0.1) is 11.3 Å². The Morgan fingerprint density at radius 2 is 2.15 bits per heavy atom. The molecular formula is C17H19N5O3S. The topological polar surface area (TPSA) is 116 Å². The van der Waals surface area contributed by atoms with E-state index in [1.807, 2.05) is 17.5 Å². The minimum Gasteiger partial charge on any atom is -0.352 e. The minimum atomic E-state index is -0.483. The second-order valence-corrected chi connectivity index (χ2v) is 6.89. The molecule has 0 bridgehead atoms. The molecule has 1 atom stereocenters. The molecule has 2 aromatic rings. The van der Waals surface area contributed by atoms with E-state index in [2.05, 4.69) is 25.9 Å². The lowest BCUT2D eigenvalue weighted by molar-refractivity contribution is -0.117. The summed E-state index contributed by atoms with van der Waals surface area (Å²) >= 11 is 1.47. The van der Waals surface area contributed by atoms with Crippen molar-refractivity contribution < 1.29 is 9.59 Å². The van der Waals surface area contributed by atoms with E-state index in [0.29, 0.717) is 35.8 Å². The number of hydrogen-bond donors (Lipinski definition) is 4. The maximum Gasteiger partial charge on any atom is 0.319 e. The van der Waals surface area contributed by atoms with E-state index in [1.165, 1.54) is 17.4 Å². The molecule has 0 aliphatic carbocycles. The minimum absolute atomic E-state index is 0.214. The van der Waals surface area contributed by atoms with Crippen LogP contribution in [0.15, 0.2) is 39.6 Å². The standard InChI is InChI=1S/C17H19N5O3S/c1-9-14(15(22-17(25)19-9)12-4-3-7-26-12)16(24)18-6-5-11-8-13(23)21-10(2)20-11/h3-4,7-8,15H,5-6H2,1-2H3,(H,18,24)(H2,19,22,25)(H,20,21,23)/t15-/m0/s1. The van der Waals surface area contributed by atoms with Crippen LogP contribution in [0.4, 0.5) is 4.79 Å². The number of nitrogens with one attached hydrogen (secondary N) is 4. The maximum absolute atomic E-state index is 12.7. The molecule has 0 aromatic carbocycles. The average molecular weight is 373 g/mol. The summed E-state index contributed by atoms with van der Waals surface area (Å²) < 4.78 is 0. The predicted molar refractivity (Wildman–Crippen MR) is 97.7 cm³/mol. The Kier molecular flexibility index (Phi) is 5.17. The summed E-state index contributed by atoms with van der Waals surface area (Å²) in [6, 6.07) is 4.36. The highest BCUT2D eigenvalue weighted by molar-refractivity contribution is 7.10. The Morgan fingerprint density at radius 1 is 1.35 bits per heavy atom. The van der Waals surface area contributed by atoms with Crippen molar-refractivity contribution in [2.45, 2.75) is 26.3 Å². The molecule has 0 spiro atoms. The molecule has 4 N–H and O–H groups in total. The lowest BCUT2D eigenvalue weighted by Crippen LogP contribution is -2.47. The van der Waals surface area contributed by atoms with Crippen LogP contribution in [0.1, 0.15) is 29.4 Å². The fraction of sp³-hybridized carbons (Fsp3) is 0.294. The van der Waals surface area contributed by atoms with Crippen molar-refractivity contribution in [2.75, 3.05) is 6.54 Å². The van der Waals surface area contributed by atoms with Gasteiger partial charge >= 0.3 is 6.03 Å². The quantitative estimate of drug-likeness (QED) is 0.629. The van der Waals surface area contributed by atoms with Crippen LogP contribution >= 0.6 is 11.3 Å². The van der Waals surface area contributed by atoms with E-state index in [4.69, 9.17) is 0 Å². The molecule has 0 saturated heterocycles. The van der Waals surface area contributed by atoms with Gasteiger partial charge in [0, 0.05) is 35.3 Å². The monoisotopic (exact) mass is 373 g/mol. The number of urea groups is 1. The Labute approximate surface area is 153 Å². The smallest absolute Gasteiger partial charge is 0.319 e. The number of H-pyrrole nitrogens is 1. The van der Waals surface area contributed by atoms with Crippen LogP contribution in [0.25, 0.3) is 0 Å². The number of aryl methyl sites for hydroxylation is 1. The van der Waals surface area contributed by atoms with E-state index in [-0.39, 0.29) is 17.5 Å². The highest BCUT2D eigenvalue weighted by Crippen LogP contribution is 2.29. The number of carbonyl (C=O) groups is 2. The van der Waals surface area contributed by atoms with Gasteiger partial charge in [-0.05, 0) is 25.3 Å². The number of aromatic amines is 1. The van der Waals surface area contributed by atoms with Gasteiger partial charge in [0.2, 0.25) is 0 Å². The van der Waals surface area contributed by atoms with Gasteiger partial charge in [-0.1, -0.05) is 6.07 Å². The number of aromatic nitrogens is 2. The third-order valence-electron chi connectivity index (χ3n) is 3.92. The lowest BCUT2D eigenvalue weighted by atomic mass is 10.0. The Balaban J connectivity index is 1.71. The first-order valence-electron chi connectivity index (χ1n) is 8.11. The molecule has 0 fully saturated rings. The predicted octanol–water partition coefficient (Wildman–Crippen LogP) is 1.13. The van der Waals surface area contributed by atoms with Crippen LogP contribution in [-0.4, -0.2) is 28.5 Å². The van der Waals surface area contributed by atoms with Crippen molar-refractivity contribution in [1.82, 2.24) is 25.9 Å². The molecular weight excluding hydrogens is 354 g/mol. The summed E-state index contributed by atoms with van der Waals surface area (Å²) in [5.41, 5.74) is 1.40. The SMILES string of the molecule is CC1=C(C(=O)NCCc2cc(=O)[nH]c(C)n2)[C@H](c2cccs2)NC(=O)N1. The van der Waals surface area contributed by atoms with Crippen molar-refractivity contribution in [3.8, 4) is 0 Å². The average Bonchev–Trinajstić information content (AvgIpc) is 3.07. The first-order valence-corrected chi connectivity index (χ1v) is 8.98. The number of nitrogens with zero attached hydrogens (tertiary/aromatic N) is 1. The van der Waals surface area contributed by atoms with Gasteiger partial charge in [0.15, 0.2) is 0 Å². The zero-order valence-corrected chi connectivity index (χ0v) is 15.2. The number of rotatable bonds is 5. The molecule has 0 radical (unpaired) electrons. The van der Waals surface area contributed by atoms with Gasteiger partial charge in [0.25, 0.3) is 11.5 Å². The fourth-order valence-electron chi connectivity index (χ4n) is 2.83.